The van der Waals surface area contributed by atoms with Crippen LogP contribution in [-0.4, -0.2) is 6.61 Å². The van der Waals surface area contributed by atoms with E-state index in [1.807, 2.05) is 31.2 Å². The molecule has 1 aromatic carbocycles. The van der Waals surface area contributed by atoms with Crippen molar-refractivity contribution < 1.29 is 4.74 Å². The first-order valence-electron chi connectivity index (χ1n) is 3.37. The van der Waals surface area contributed by atoms with Crippen molar-refractivity contribution in [3.8, 4) is 5.75 Å². The second kappa shape index (κ2) is 3.25. The average molecular weight is 135 g/mol. The van der Waals surface area contributed by atoms with Gasteiger partial charge in [0.1, 0.15) is 5.75 Å². The highest BCUT2D eigenvalue weighted by Gasteiger charge is 1.88. The fourth-order valence-corrected chi connectivity index (χ4v) is 0.752. The highest BCUT2D eigenvalue weighted by molar-refractivity contribution is 5.28. The zero-order chi connectivity index (χ0) is 7.40. The molecule has 1 rings (SSSR count). The molecule has 0 aromatic heterocycles. The zero-order valence-corrected chi connectivity index (χ0v) is 6.13. The van der Waals surface area contributed by atoms with Crippen molar-refractivity contribution in [2.24, 2.45) is 0 Å². The number of benzene rings is 1. The molecule has 0 bridgehead atoms. The largest absolute Gasteiger partial charge is 0.494 e. The van der Waals surface area contributed by atoms with Crippen molar-refractivity contribution in [1.82, 2.24) is 0 Å². The molecule has 1 heteroatoms. The van der Waals surface area contributed by atoms with E-state index >= 15 is 0 Å². The predicted octanol–water partition coefficient (Wildman–Crippen LogP) is 2.27. The Morgan fingerprint density at radius 3 is 2.40 bits per heavy atom. The van der Waals surface area contributed by atoms with Gasteiger partial charge >= 0.3 is 0 Å². The third kappa shape index (κ3) is 1.76. The van der Waals surface area contributed by atoms with Gasteiger partial charge in [0.2, 0.25) is 0 Å². The van der Waals surface area contributed by atoms with Crippen molar-refractivity contribution in [2.45, 2.75) is 6.92 Å². The van der Waals surface area contributed by atoms with Crippen molar-refractivity contribution in [1.29, 1.82) is 0 Å². The summed E-state index contributed by atoms with van der Waals surface area (Å²) in [6, 6.07) is 7.72. The molecule has 1 radical (unpaired) electrons. The summed E-state index contributed by atoms with van der Waals surface area (Å²) in [6.45, 7) is 6.46. The van der Waals surface area contributed by atoms with Gasteiger partial charge in [0.05, 0.1) is 6.61 Å². The van der Waals surface area contributed by atoms with E-state index in [0.29, 0.717) is 0 Å². The first kappa shape index (κ1) is 7.13. The van der Waals surface area contributed by atoms with Crippen LogP contribution in [0, 0.1) is 6.92 Å². The summed E-state index contributed by atoms with van der Waals surface area (Å²) in [5.74, 6) is 0.912. The Morgan fingerprint density at radius 2 is 1.90 bits per heavy atom. The van der Waals surface area contributed by atoms with Gasteiger partial charge in [0.25, 0.3) is 0 Å². The maximum absolute atomic E-state index is 5.23. The van der Waals surface area contributed by atoms with Crippen molar-refractivity contribution >= 4 is 0 Å². The quantitative estimate of drug-likeness (QED) is 0.604. The predicted molar refractivity (Wildman–Crippen MR) is 42.1 cm³/mol. The van der Waals surface area contributed by atoms with E-state index in [4.69, 9.17) is 4.74 Å². The maximum atomic E-state index is 5.23. The second-order valence-corrected chi connectivity index (χ2v) is 2.08. The van der Waals surface area contributed by atoms with Gasteiger partial charge in [0.15, 0.2) is 0 Å². The molecule has 0 N–H and O–H groups in total. The SMILES string of the molecule is [CH2]c1ccc(OCC)cc1. The van der Waals surface area contributed by atoms with Crippen LogP contribution in [0.25, 0.3) is 0 Å². The number of ether oxygens (including phenoxy) is 1. The summed E-state index contributed by atoms with van der Waals surface area (Å²) >= 11 is 0. The molecule has 53 valence electrons. The molecule has 0 aliphatic rings. The van der Waals surface area contributed by atoms with Crippen LogP contribution in [0.3, 0.4) is 0 Å². The molecule has 0 aliphatic carbocycles. The molecule has 0 unspecified atom stereocenters. The van der Waals surface area contributed by atoms with Crippen molar-refractivity contribution in [3.63, 3.8) is 0 Å². The molecule has 1 aromatic rings. The average Bonchev–Trinajstić information content (AvgIpc) is 1.95. The molecule has 1 nitrogen and oxygen atoms in total. The third-order valence-corrected chi connectivity index (χ3v) is 1.23. The van der Waals surface area contributed by atoms with Crippen LogP contribution in [-0.2, 0) is 0 Å². The van der Waals surface area contributed by atoms with Gasteiger partial charge in [-0.2, -0.15) is 0 Å². The summed E-state index contributed by atoms with van der Waals surface area (Å²) < 4.78 is 5.23. The lowest BCUT2D eigenvalue weighted by Gasteiger charge is -2.01. The smallest absolute Gasteiger partial charge is 0.119 e. The lowest BCUT2D eigenvalue weighted by atomic mass is 10.2. The minimum absolute atomic E-state index is 0.719. The van der Waals surface area contributed by atoms with Crippen LogP contribution in [0.2, 0.25) is 0 Å². The Bertz CT molecular complexity index is 188. The molecule has 0 atom stereocenters. The van der Waals surface area contributed by atoms with Crippen molar-refractivity contribution in [3.05, 3.63) is 36.8 Å². The van der Waals surface area contributed by atoms with Crippen LogP contribution >= 0.6 is 0 Å². The summed E-state index contributed by atoms with van der Waals surface area (Å²) in [4.78, 5) is 0. The molecule has 0 amide bonds. The first-order chi connectivity index (χ1) is 4.83. The van der Waals surface area contributed by atoms with E-state index < -0.39 is 0 Å². The zero-order valence-electron chi connectivity index (χ0n) is 6.13. The molecule has 0 saturated heterocycles. The molecule has 0 heterocycles. The Balaban J connectivity index is 2.69. The van der Waals surface area contributed by atoms with Crippen LogP contribution in [0.4, 0.5) is 0 Å². The Hall–Kier alpha value is -0.980. The lowest BCUT2D eigenvalue weighted by molar-refractivity contribution is 0.340. The number of rotatable bonds is 2. The fraction of sp³-hybridized carbons (Fsp3) is 0.222. The summed E-state index contributed by atoms with van der Waals surface area (Å²) in [5.41, 5.74) is 1.02. The van der Waals surface area contributed by atoms with Gasteiger partial charge in [-0.15, -0.1) is 0 Å². The molecular weight excluding hydrogens is 124 g/mol. The van der Waals surface area contributed by atoms with E-state index in [1.165, 1.54) is 0 Å². The molecular formula is C9H11O. The standard InChI is InChI=1S/C9H11O/c1-3-10-9-6-4-8(2)5-7-9/h4-7H,2-3H2,1H3. The highest BCUT2D eigenvalue weighted by Crippen LogP contribution is 2.10. The van der Waals surface area contributed by atoms with Crippen LogP contribution in [0.15, 0.2) is 24.3 Å². The van der Waals surface area contributed by atoms with E-state index in [2.05, 4.69) is 6.92 Å². The molecule has 0 saturated carbocycles. The highest BCUT2D eigenvalue weighted by atomic mass is 16.5. The van der Waals surface area contributed by atoms with Gasteiger partial charge < -0.3 is 4.74 Å². The second-order valence-electron chi connectivity index (χ2n) is 2.08. The van der Waals surface area contributed by atoms with E-state index in [9.17, 15) is 0 Å². The summed E-state index contributed by atoms with van der Waals surface area (Å²) in [5, 5.41) is 0. The van der Waals surface area contributed by atoms with Gasteiger partial charge in [-0.25, -0.2) is 0 Å². The normalized spacial score (nSPS) is 9.40. The van der Waals surface area contributed by atoms with Crippen LogP contribution in [0.1, 0.15) is 12.5 Å². The molecule has 10 heavy (non-hydrogen) atoms. The van der Waals surface area contributed by atoms with E-state index in [0.717, 1.165) is 17.9 Å². The monoisotopic (exact) mass is 135 g/mol. The summed E-state index contributed by atoms with van der Waals surface area (Å²) in [6.07, 6.45) is 0. The van der Waals surface area contributed by atoms with Crippen molar-refractivity contribution in [2.75, 3.05) is 6.61 Å². The fourth-order valence-electron chi connectivity index (χ4n) is 0.752. The van der Waals surface area contributed by atoms with E-state index in [-0.39, 0.29) is 0 Å². The Labute approximate surface area is 61.6 Å². The molecule has 0 spiro atoms. The van der Waals surface area contributed by atoms with Gasteiger partial charge in [-0.05, 0) is 31.5 Å². The van der Waals surface area contributed by atoms with E-state index in [1.54, 1.807) is 0 Å². The maximum Gasteiger partial charge on any atom is 0.119 e. The third-order valence-electron chi connectivity index (χ3n) is 1.23. The lowest BCUT2D eigenvalue weighted by Crippen LogP contribution is -1.90. The molecule has 0 fully saturated rings. The first-order valence-corrected chi connectivity index (χ1v) is 3.37. The topological polar surface area (TPSA) is 9.23 Å². The molecule has 0 aliphatic heterocycles. The number of hydrogen-bond donors (Lipinski definition) is 0. The van der Waals surface area contributed by atoms with Crippen LogP contribution in [0.5, 0.6) is 5.75 Å². The summed E-state index contributed by atoms with van der Waals surface area (Å²) in [7, 11) is 0. The minimum atomic E-state index is 0.719. The van der Waals surface area contributed by atoms with Gasteiger partial charge in [0, 0.05) is 0 Å². The van der Waals surface area contributed by atoms with Gasteiger partial charge in [-0.3, -0.25) is 0 Å². The van der Waals surface area contributed by atoms with Gasteiger partial charge in [-0.1, -0.05) is 12.1 Å². The number of hydrogen-bond acceptors (Lipinski definition) is 1. The van der Waals surface area contributed by atoms with Crippen LogP contribution < -0.4 is 4.74 Å². The minimum Gasteiger partial charge on any atom is -0.494 e. The Kier molecular flexibility index (Phi) is 2.32. The Morgan fingerprint density at radius 1 is 1.30 bits per heavy atom.